The first-order valence-corrected chi connectivity index (χ1v) is 9.03. The van der Waals surface area contributed by atoms with Crippen LogP contribution in [0.15, 0.2) is 30.3 Å². The van der Waals surface area contributed by atoms with Crippen molar-refractivity contribution in [1.82, 2.24) is 20.3 Å². The Morgan fingerprint density at radius 3 is 2.42 bits per heavy atom. The van der Waals surface area contributed by atoms with Crippen LogP contribution in [0.1, 0.15) is 49.9 Å². The van der Waals surface area contributed by atoms with Crippen LogP contribution < -0.4 is 5.32 Å². The number of benzene rings is 1. The molecule has 1 amide bonds. The lowest BCUT2D eigenvalue weighted by molar-refractivity contribution is -0.148. The number of carboxylic acid groups (broad SMARTS) is 1. The van der Waals surface area contributed by atoms with Gasteiger partial charge in [0.05, 0.1) is 23.5 Å². The zero-order valence-electron chi connectivity index (χ0n) is 14.9. The summed E-state index contributed by atoms with van der Waals surface area (Å²) >= 11 is 0. The van der Waals surface area contributed by atoms with E-state index in [9.17, 15) is 14.7 Å². The molecule has 3 rings (SSSR count). The fraction of sp³-hybridized carbons (Fsp3) is 0.474. The van der Waals surface area contributed by atoms with Crippen molar-refractivity contribution in [2.24, 2.45) is 0 Å². The predicted octanol–water partition coefficient (Wildman–Crippen LogP) is 2.41. The number of rotatable bonds is 5. The number of aliphatic carboxylic acids is 1. The van der Waals surface area contributed by atoms with Gasteiger partial charge in [-0.05, 0) is 31.9 Å². The molecule has 2 aromatic rings. The van der Waals surface area contributed by atoms with E-state index in [0.29, 0.717) is 18.5 Å². The second kappa shape index (κ2) is 7.68. The molecule has 7 heteroatoms. The van der Waals surface area contributed by atoms with Gasteiger partial charge in [0.25, 0.3) is 0 Å². The summed E-state index contributed by atoms with van der Waals surface area (Å²) in [5, 5.41) is 20.7. The number of carbonyl (C=O) groups is 2. The second-order valence-electron chi connectivity index (χ2n) is 6.90. The lowest BCUT2D eigenvalue weighted by Gasteiger charge is -2.29. The summed E-state index contributed by atoms with van der Waals surface area (Å²) in [7, 11) is 0. The monoisotopic (exact) mass is 356 g/mol. The average molecular weight is 356 g/mol. The van der Waals surface area contributed by atoms with Crippen molar-refractivity contribution in [3.05, 3.63) is 41.7 Å². The van der Waals surface area contributed by atoms with Gasteiger partial charge in [0.2, 0.25) is 5.91 Å². The summed E-state index contributed by atoms with van der Waals surface area (Å²) < 4.78 is 1.68. The molecule has 1 aromatic heterocycles. The molecule has 7 nitrogen and oxygen atoms in total. The Hall–Kier alpha value is -2.70. The largest absolute Gasteiger partial charge is 0.480 e. The quantitative estimate of drug-likeness (QED) is 0.802. The van der Waals surface area contributed by atoms with E-state index in [2.05, 4.69) is 15.6 Å². The number of carboxylic acids is 1. The van der Waals surface area contributed by atoms with E-state index >= 15 is 0 Å². The van der Waals surface area contributed by atoms with Crippen LogP contribution in [0.2, 0.25) is 0 Å². The van der Waals surface area contributed by atoms with Crippen molar-refractivity contribution in [2.75, 3.05) is 0 Å². The highest BCUT2D eigenvalue weighted by molar-refractivity contribution is 5.88. The van der Waals surface area contributed by atoms with Crippen molar-refractivity contribution >= 4 is 11.9 Å². The van der Waals surface area contributed by atoms with E-state index < -0.39 is 11.5 Å². The van der Waals surface area contributed by atoms with Gasteiger partial charge in [-0.2, -0.15) is 0 Å². The zero-order chi connectivity index (χ0) is 18.6. The fourth-order valence-electron chi connectivity index (χ4n) is 3.53. The highest BCUT2D eigenvalue weighted by Crippen LogP contribution is 2.27. The molecule has 0 saturated heterocycles. The normalized spacial score (nSPS) is 16.7. The van der Waals surface area contributed by atoms with Crippen LogP contribution >= 0.6 is 0 Å². The summed E-state index contributed by atoms with van der Waals surface area (Å²) in [6, 6.07) is 9.56. The fourth-order valence-corrected chi connectivity index (χ4v) is 3.53. The topological polar surface area (TPSA) is 97.1 Å². The maximum absolute atomic E-state index is 12.5. The molecule has 1 aliphatic rings. The number of carbonyl (C=O) groups excluding carboxylic acids is 1. The number of nitrogens with one attached hydrogen (secondary N) is 1. The SMILES string of the molecule is Cc1c(CC(=O)NC2(C(=O)O)CCCCCC2)nnn1-c1ccccc1. The minimum absolute atomic E-state index is 0.0215. The molecule has 1 saturated carbocycles. The van der Waals surface area contributed by atoms with Gasteiger partial charge >= 0.3 is 5.97 Å². The highest BCUT2D eigenvalue weighted by Gasteiger charge is 2.40. The van der Waals surface area contributed by atoms with Crippen molar-refractivity contribution in [3.8, 4) is 5.69 Å². The lowest BCUT2D eigenvalue weighted by atomic mass is 9.90. The van der Waals surface area contributed by atoms with Crippen LogP contribution in [-0.4, -0.2) is 37.5 Å². The molecule has 1 fully saturated rings. The number of hydrogen-bond donors (Lipinski definition) is 2. The van der Waals surface area contributed by atoms with Gasteiger partial charge in [-0.15, -0.1) is 5.10 Å². The molecule has 0 bridgehead atoms. The van der Waals surface area contributed by atoms with Crippen molar-refractivity contribution in [1.29, 1.82) is 0 Å². The van der Waals surface area contributed by atoms with E-state index in [1.807, 2.05) is 37.3 Å². The average Bonchev–Trinajstić information content (AvgIpc) is 2.83. The Morgan fingerprint density at radius 1 is 1.15 bits per heavy atom. The van der Waals surface area contributed by atoms with Gasteiger partial charge in [0.15, 0.2) is 0 Å². The van der Waals surface area contributed by atoms with Crippen LogP contribution in [0, 0.1) is 6.92 Å². The third-order valence-corrected chi connectivity index (χ3v) is 5.06. The molecule has 26 heavy (non-hydrogen) atoms. The summed E-state index contributed by atoms with van der Waals surface area (Å²) in [4.78, 5) is 24.4. The van der Waals surface area contributed by atoms with Crippen molar-refractivity contribution in [3.63, 3.8) is 0 Å². The van der Waals surface area contributed by atoms with Crippen LogP contribution in [0.3, 0.4) is 0 Å². The smallest absolute Gasteiger partial charge is 0.329 e. The Morgan fingerprint density at radius 2 is 1.81 bits per heavy atom. The number of amides is 1. The maximum Gasteiger partial charge on any atom is 0.329 e. The minimum Gasteiger partial charge on any atom is -0.480 e. The van der Waals surface area contributed by atoms with Crippen LogP contribution in [0.4, 0.5) is 0 Å². The number of para-hydroxylation sites is 1. The third kappa shape index (κ3) is 3.76. The molecule has 1 aliphatic carbocycles. The highest BCUT2D eigenvalue weighted by atomic mass is 16.4. The predicted molar refractivity (Wildman–Crippen MR) is 96.0 cm³/mol. The molecule has 0 unspecified atom stereocenters. The first kappa shape index (κ1) is 18.1. The Bertz CT molecular complexity index is 777. The van der Waals surface area contributed by atoms with Gasteiger partial charge in [0.1, 0.15) is 5.54 Å². The summed E-state index contributed by atoms with van der Waals surface area (Å²) in [5.74, 6) is -1.27. The van der Waals surface area contributed by atoms with Crippen LogP contribution in [0.5, 0.6) is 0 Å². The first-order valence-electron chi connectivity index (χ1n) is 9.03. The van der Waals surface area contributed by atoms with E-state index in [-0.39, 0.29) is 12.3 Å². The van der Waals surface area contributed by atoms with Gasteiger partial charge in [-0.3, -0.25) is 4.79 Å². The Balaban J connectivity index is 1.74. The number of aromatic nitrogens is 3. The van der Waals surface area contributed by atoms with Crippen LogP contribution in [-0.2, 0) is 16.0 Å². The summed E-state index contributed by atoms with van der Waals surface area (Å²) in [6.07, 6.45) is 4.62. The molecule has 0 atom stereocenters. The van der Waals surface area contributed by atoms with Gasteiger partial charge in [-0.25, -0.2) is 9.48 Å². The summed E-state index contributed by atoms with van der Waals surface area (Å²) in [6.45, 7) is 1.86. The van der Waals surface area contributed by atoms with Gasteiger partial charge < -0.3 is 10.4 Å². The molecule has 1 aromatic carbocycles. The second-order valence-corrected chi connectivity index (χ2v) is 6.90. The summed E-state index contributed by atoms with van der Waals surface area (Å²) in [5.41, 5.74) is 1.05. The molecular formula is C19H24N4O3. The molecule has 0 spiro atoms. The Labute approximate surface area is 152 Å². The van der Waals surface area contributed by atoms with E-state index in [1.54, 1.807) is 4.68 Å². The third-order valence-electron chi connectivity index (χ3n) is 5.06. The molecule has 2 N–H and O–H groups in total. The molecule has 138 valence electrons. The van der Waals surface area contributed by atoms with Crippen molar-refractivity contribution < 1.29 is 14.7 Å². The van der Waals surface area contributed by atoms with Crippen molar-refractivity contribution in [2.45, 2.75) is 57.4 Å². The minimum atomic E-state index is -1.16. The first-order chi connectivity index (χ1) is 12.5. The molecule has 1 heterocycles. The zero-order valence-corrected chi connectivity index (χ0v) is 14.9. The Kier molecular flexibility index (Phi) is 5.35. The molecule has 0 aliphatic heterocycles. The number of nitrogens with zero attached hydrogens (tertiary/aromatic N) is 3. The van der Waals surface area contributed by atoms with E-state index in [1.165, 1.54) is 0 Å². The van der Waals surface area contributed by atoms with E-state index in [4.69, 9.17) is 0 Å². The van der Waals surface area contributed by atoms with Crippen LogP contribution in [0.25, 0.3) is 5.69 Å². The number of hydrogen-bond acceptors (Lipinski definition) is 4. The van der Waals surface area contributed by atoms with E-state index in [0.717, 1.165) is 37.1 Å². The van der Waals surface area contributed by atoms with Gasteiger partial charge in [-0.1, -0.05) is 49.1 Å². The maximum atomic E-state index is 12.5. The van der Waals surface area contributed by atoms with Gasteiger partial charge in [0, 0.05) is 0 Å². The molecule has 0 radical (unpaired) electrons. The standard InChI is InChI=1S/C19H24N4O3/c1-14-16(21-22-23(14)15-9-5-4-6-10-15)13-17(24)20-19(18(25)26)11-7-2-3-8-12-19/h4-6,9-10H,2-3,7-8,11-13H2,1H3,(H,20,24)(H,25,26). The lowest BCUT2D eigenvalue weighted by Crippen LogP contribution is -2.54. The molecular weight excluding hydrogens is 332 g/mol.